The minimum atomic E-state index is -1.08. The second-order valence-electron chi connectivity index (χ2n) is 5.05. The second-order valence-corrected chi connectivity index (χ2v) is 5.05. The summed E-state index contributed by atoms with van der Waals surface area (Å²) in [6.45, 7) is 2.06. The predicted molar refractivity (Wildman–Crippen MR) is 77.4 cm³/mol. The van der Waals surface area contributed by atoms with Crippen LogP contribution in [0.25, 0.3) is 0 Å². The highest BCUT2D eigenvalue weighted by molar-refractivity contribution is 5.97. The van der Waals surface area contributed by atoms with Crippen LogP contribution in [0.3, 0.4) is 0 Å². The van der Waals surface area contributed by atoms with Crippen LogP contribution in [0.2, 0.25) is 0 Å². The molecular formula is C15H19NO6. The zero-order valence-electron chi connectivity index (χ0n) is 12.7. The van der Waals surface area contributed by atoms with Gasteiger partial charge in [-0.2, -0.15) is 0 Å². The Morgan fingerprint density at radius 3 is 2.59 bits per heavy atom. The lowest BCUT2D eigenvalue weighted by Gasteiger charge is -2.35. The summed E-state index contributed by atoms with van der Waals surface area (Å²) in [7, 11) is 2.98. The van der Waals surface area contributed by atoms with Gasteiger partial charge in [-0.25, -0.2) is 4.79 Å². The quantitative estimate of drug-likeness (QED) is 0.893. The molecule has 2 rings (SSSR count). The van der Waals surface area contributed by atoms with Crippen molar-refractivity contribution in [3.63, 3.8) is 0 Å². The molecule has 1 heterocycles. The Labute approximate surface area is 128 Å². The van der Waals surface area contributed by atoms with Gasteiger partial charge in [0.15, 0.2) is 6.10 Å². The standard InChI is InChI=1S/C15H19NO6/c1-9-7-16(8-13(22-9)15(18)19)14(17)11-6-10(20-2)4-5-12(11)21-3/h4-6,9,13H,7-8H2,1-3H3,(H,18,19)/t9-,13?/m1/s1. The first kappa shape index (κ1) is 16.1. The van der Waals surface area contributed by atoms with Gasteiger partial charge in [0.05, 0.1) is 32.4 Å². The highest BCUT2D eigenvalue weighted by Gasteiger charge is 2.33. The van der Waals surface area contributed by atoms with E-state index >= 15 is 0 Å². The molecule has 1 unspecified atom stereocenters. The summed E-state index contributed by atoms with van der Waals surface area (Å²) in [5.74, 6) is -0.448. The molecule has 7 nitrogen and oxygen atoms in total. The fourth-order valence-electron chi connectivity index (χ4n) is 2.41. The van der Waals surface area contributed by atoms with Gasteiger partial charge in [0, 0.05) is 6.54 Å². The molecule has 1 amide bonds. The van der Waals surface area contributed by atoms with Crippen LogP contribution >= 0.6 is 0 Å². The third kappa shape index (κ3) is 3.30. The largest absolute Gasteiger partial charge is 0.497 e. The first-order valence-electron chi connectivity index (χ1n) is 6.85. The highest BCUT2D eigenvalue weighted by atomic mass is 16.5. The first-order chi connectivity index (χ1) is 10.5. The number of morpholine rings is 1. The molecule has 0 aliphatic carbocycles. The minimum absolute atomic E-state index is 0.00112. The second kappa shape index (κ2) is 6.65. The van der Waals surface area contributed by atoms with Crippen molar-refractivity contribution < 1.29 is 28.9 Å². The van der Waals surface area contributed by atoms with Crippen molar-refractivity contribution in [2.75, 3.05) is 27.3 Å². The molecule has 2 atom stereocenters. The molecule has 1 aliphatic rings. The van der Waals surface area contributed by atoms with Gasteiger partial charge in [0.25, 0.3) is 5.91 Å². The van der Waals surface area contributed by atoms with Crippen LogP contribution < -0.4 is 9.47 Å². The molecule has 0 saturated carbocycles. The van der Waals surface area contributed by atoms with Crippen molar-refractivity contribution in [2.45, 2.75) is 19.1 Å². The average molecular weight is 309 g/mol. The molecule has 22 heavy (non-hydrogen) atoms. The van der Waals surface area contributed by atoms with E-state index in [1.165, 1.54) is 19.1 Å². The van der Waals surface area contributed by atoms with Gasteiger partial charge in [-0.3, -0.25) is 4.79 Å². The van der Waals surface area contributed by atoms with E-state index in [2.05, 4.69) is 0 Å². The summed E-state index contributed by atoms with van der Waals surface area (Å²) >= 11 is 0. The lowest BCUT2D eigenvalue weighted by molar-refractivity contribution is -0.160. The van der Waals surface area contributed by atoms with Crippen LogP contribution in [0.4, 0.5) is 0 Å². The van der Waals surface area contributed by atoms with Crippen molar-refractivity contribution in [3.05, 3.63) is 23.8 Å². The number of nitrogens with zero attached hydrogens (tertiary/aromatic N) is 1. The number of carbonyl (C=O) groups is 2. The molecule has 120 valence electrons. The van der Waals surface area contributed by atoms with Gasteiger partial charge >= 0.3 is 5.97 Å². The maximum absolute atomic E-state index is 12.7. The third-order valence-electron chi connectivity index (χ3n) is 3.46. The van der Waals surface area contributed by atoms with Gasteiger partial charge in [-0.1, -0.05) is 0 Å². The van der Waals surface area contributed by atoms with Crippen LogP contribution in [0.5, 0.6) is 11.5 Å². The summed E-state index contributed by atoms with van der Waals surface area (Å²) in [4.78, 5) is 25.3. The van der Waals surface area contributed by atoms with Gasteiger partial charge in [0.2, 0.25) is 0 Å². The van der Waals surface area contributed by atoms with Crippen LogP contribution in [-0.2, 0) is 9.53 Å². The van der Waals surface area contributed by atoms with Crippen LogP contribution in [-0.4, -0.2) is 61.4 Å². The van der Waals surface area contributed by atoms with E-state index in [-0.39, 0.29) is 18.6 Å². The Morgan fingerprint density at radius 1 is 1.27 bits per heavy atom. The predicted octanol–water partition coefficient (Wildman–Crippen LogP) is 1.02. The first-order valence-corrected chi connectivity index (χ1v) is 6.85. The van der Waals surface area contributed by atoms with E-state index in [0.29, 0.717) is 23.6 Å². The Hall–Kier alpha value is -2.28. The Morgan fingerprint density at radius 2 is 2.00 bits per heavy atom. The molecule has 0 aromatic heterocycles. The number of amides is 1. The Kier molecular flexibility index (Phi) is 4.87. The van der Waals surface area contributed by atoms with E-state index < -0.39 is 12.1 Å². The molecule has 1 saturated heterocycles. The zero-order chi connectivity index (χ0) is 16.3. The van der Waals surface area contributed by atoms with Crippen molar-refractivity contribution in [1.82, 2.24) is 4.90 Å². The van der Waals surface area contributed by atoms with Gasteiger partial charge in [0.1, 0.15) is 11.5 Å². The summed E-state index contributed by atoms with van der Waals surface area (Å²) in [6.07, 6.45) is -1.38. The Balaban J connectivity index is 2.28. The Bertz CT molecular complexity index is 573. The number of carboxylic acids is 1. The fourth-order valence-corrected chi connectivity index (χ4v) is 2.41. The summed E-state index contributed by atoms with van der Waals surface area (Å²) in [6, 6.07) is 4.92. The number of benzene rings is 1. The smallest absolute Gasteiger partial charge is 0.334 e. The molecule has 1 aromatic rings. The van der Waals surface area contributed by atoms with Crippen molar-refractivity contribution in [1.29, 1.82) is 0 Å². The summed E-state index contributed by atoms with van der Waals surface area (Å²) in [5, 5.41) is 9.10. The molecule has 1 N–H and O–H groups in total. The number of hydrogen-bond donors (Lipinski definition) is 1. The van der Waals surface area contributed by atoms with E-state index in [1.54, 1.807) is 25.1 Å². The molecule has 0 bridgehead atoms. The van der Waals surface area contributed by atoms with E-state index in [1.807, 2.05) is 0 Å². The number of rotatable bonds is 4. The zero-order valence-corrected chi connectivity index (χ0v) is 12.7. The third-order valence-corrected chi connectivity index (χ3v) is 3.46. The number of methoxy groups -OCH3 is 2. The molecule has 0 spiro atoms. The maximum Gasteiger partial charge on any atom is 0.334 e. The number of carbonyl (C=O) groups excluding carboxylic acids is 1. The normalized spacial score (nSPS) is 21.3. The van der Waals surface area contributed by atoms with Gasteiger partial charge in [-0.05, 0) is 25.1 Å². The van der Waals surface area contributed by atoms with E-state index in [0.717, 1.165) is 0 Å². The number of carboxylic acid groups (broad SMARTS) is 1. The average Bonchev–Trinajstić information content (AvgIpc) is 2.52. The topological polar surface area (TPSA) is 85.3 Å². The molecule has 1 aromatic carbocycles. The fraction of sp³-hybridized carbons (Fsp3) is 0.467. The number of hydrogen-bond acceptors (Lipinski definition) is 5. The highest BCUT2D eigenvalue weighted by Crippen LogP contribution is 2.26. The van der Waals surface area contributed by atoms with Gasteiger partial charge < -0.3 is 24.2 Å². The lowest BCUT2D eigenvalue weighted by atomic mass is 10.1. The van der Waals surface area contributed by atoms with E-state index in [4.69, 9.17) is 19.3 Å². The summed E-state index contributed by atoms with van der Waals surface area (Å²) in [5.41, 5.74) is 0.333. The molecular weight excluding hydrogens is 290 g/mol. The van der Waals surface area contributed by atoms with Crippen molar-refractivity contribution >= 4 is 11.9 Å². The summed E-state index contributed by atoms with van der Waals surface area (Å²) < 4.78 is 15.7. The minimum Gasteiger partial charge on any atom is -0.497 e. The number of ether oxygens (including phenoxy) is 3. The van der Waals surface area contributed by atoms with Crippen LogP contribution in [0.1, 0.15) is 17.3 Å². The van der Waals surface area contributed by atoms with Crippen molar-refractivity contribution in [2.24, 2.45) is 0 Å². The van der Waals surface area contributed by atoms with Crippen molar-refractivity contribution in [3.8, 4) is 11.5 Å². The van der Waals surface area contributed by atoms with Crippen LogP contribution in [0, 0.1) is 0 Å². The monoisotopic (exact) mass is 309 g/mol. The lowest BCUT2D eigenvalue weighted by Crippen LogP contribution is -2.51. The molecule has 1 aliphatic heterocycles. The molecule has 0 radical (unpaired) electrons. The van der Waals surface area contributed by atoms with Gasteiger partial charge in [-0.15, -0.1) is 0 Å². The van der Waals surface area contributed by atoms with Crippen LogP contribution in [0.15, 0.2) is 18.2 Å². The molecule has 7 heteroatoms. The maximum atomic E-state index is 12.7. The SMILES string of the molecule is COc1ccc(OC)c(C(=O)N2CC(C(=O)O)O[C@H](C)C2)c1. The number of aliphatic carboxylic acids is 1. The van der Waals surface area contributed by atoms with E-state index in [9.17, 15) is 9.59 Å². The molecule has 1 fully saturated rings.